The molecule has 5 aromatic carbocycles. The highest BCUT2D eigenvalue weighted by atomic mass is 32.1. The topological polar surface area (TPSA) is 525 Å². The molecule has 13 heterocycles. The van der Waals surface area contributed by atoms with Gasteiger partial charge in [-0.25, -0.2) is 14.3 Å². The highest BCUT2D eigenvalue weighted by Crippen LogP contribution is 2.30. The summed E-state index contributed by atoms with van der Waals surface area (Å²) in [5.74, 6) is 7.40. The Morgan fingerprint density at radius 2 is 0.784 bits per heavy atom. The molecule has 0 saturated carbocycles. The molecule has 0 fully saturated rings. The molecule has 0 unspecified atom stereocenters. The molecule has 0 aliphatic heterocycles. The quantitative estimate of drug-likeness (QED) is 0.0395. The molecule has 0 bridgehead atoms. The van der Waals surface area contributed by atoms with Crippen LogP contribution in [0.2, 0.25) is 0 Å². The van der Waals surface area contributed by atoms with Gasteiger partial charge in [-0.1, -0.05) is 226 Å². The predicted octanol–water partition coefficient (Wildman–Crippen LogP) is 20.2. The number of rotatable bonds is 18. The summed E-state index contributed by atoms with van der Waals surface area (Å²) in [7, 11) is 0. The fourth-order valence-electron chi connectivity index (χ4n) is 12.1. The normalized spacial score (nSPS) is 10.9. The van der Waals surface area contributed by atoms with Crippen molar-refractivity contribution in [3.63, 3.8) is 0 Å². The van der Waals surface area contributed by atoms with E-state index in [4.69, 9.17) is 59.3 Å². The van der Waals surface area contributed by atoms with E-state index in [-0.39, 0.29) is 12.0 Å². The Labute approximate surface area is 788 Å². The zero-order valence-electron chi connectivity index (χ0n) is 78.6. The van der Waals surface area contributed by atoms with Crippen molar-refractivity contribution >= 4 is 70.6 Å². The summed E-state index contributed by atoms with van der Waals surface area (Å²) in [6.07, 6.45) is 15.2. The van der Waals surface area contributed by atoms with E-state index in [1.807, 2.05) is 110 Å². The second-order valence-corrected chi connectivity index (χ2v) is 34.8. The van der Waals surface area contributed by atoms with Gasteiger partial charge in [-0.05, 0) is 215 Å². The van der Waals surface area contributed by atoms with Gasteiger partial charge in [0, 0.05) is 53.7 Å². The Hall–Kier alpha value is -15.7. The van der Waals surface area contributed by atoms with Gasteiger partial charge in [0.2, 0.25) is 29.7 Å². The summed E-state index contributed by atoms with van der Waals surface area (Å²) in [6, 6.07) is 60.7. The summed E-state index contributed by atoms with van der Waals surface area (Å²) in [5, 5.41) is 32.2. The van der Waals surface area contributed by atoms with Crippen molar-refractivity contribution in [2.45, 2.75) is 178 Å². The van der Waals surface area contributed by atoms with Crippen LogP contribution in [0.5, 0.6) is 0 Å². The van der Waals surface area contributed by atoms with Crippen molar-refractivity contribution in [1.29, 1.82) is 0 Å². The van der Waals surface area contributed by atoms with Gasteiger partial charge in [0.1, 0.15) is 58.1 Å². The minimum absolute atomic E-state index is 0.125. The molecule has 13 aromatic heterocycles. The van der Waals surface area contributed by atoms with Crippen LogP contribution in [-0.4, -0.2) is 118 Å². The van der Waals surface area contributed by atoms with Crippen LogP contribution in [0.3, 0.4) is 0 Å². The van der Waals surface area contributed by atoms with Crippen LogP contribution in [0, 0.1) is 0 Å². The minimum Gasteiger partial charge on any atom is -0.432 e. The summed E-state index contributed by atoms with van der Waals surface area (Å²) >= 11 is 2.62. The predicted molar refractivity (Wildman–Crippen MR) is 533 cm³/mol. The van der Waals surface area contributed by atoms with Crippen LogP contribution in [0.25, 0.3) is 78.3 Å². The maximum atomic E-state index is 5.77. The molecule has 37 heteroatoms. The zero-order valence-corrected chi connectivity index (χ0v) is 80.2. The lowest BCUT2D eigenvalue weighted by Gasteiger charge is -2.07. The Balaban J connectivity index is 0.000000156. The average Bonchev–Trinajstić information content (AvgIpc) is 1.56. The van der Waals surface area contributed by atoms with Gasteiger partial charge >= 0.3 is 0 Å². The number of aromatic nitrogens is 24. The first kappa shape index (κ1) is 100. The molecular weight excluding hydrogens is 1730 g/mol. The molecule has 696 valence electrons. The Morgan fingerprint density at radius 3 is 1.13 bits per heavy atom. The van der Waals surface area contributed by atoms with Gasteiger partial charge in [0.05, 0.1) is 40.3 Å². The summed E-state index contributed by atoms with van der Waals surface area (Å²) in [5.41, 5.74) is 65.0. The molecule has 0 amide bonds. The zero-order chi connectivity index (χ0) is 96.7. The maximum Gasteiger partial charge on any atom is 0.292 e. The molecule has 0 saturated heterocycles. The average molecular weight is 1840 g/mol. The minimum atomic E-state index is 0.125. The molecule has 0 aliphatic carbocycles. The largest absolute Gasteiger partial charge is 0.432 e. The van der Waals surface area contributed by atoms with E-state index < -0.39 is 0 Å². The van der Waals surface area contributed by atoms with Crippen LogP contribution in [-0.2, 0) is 0 Å². The van der Waals surface area contributed by atoms with Crippen molar-refractivity contribution in [3.05, 3.63) is 288 Å². The number of nitrogens with zero attached hydrogens (tertiary/aromatic N) is 24. The molecule has 0 radical (unpaired) electrons. The van der Waals surface area contributed by atoms with Crippen LogP contribution in [0.15, 0.2) is 252 Å². The number of nitrogen functional groups attached to an aromatic ring is 8. The first-order chi connectivity index (χ1) is 64.1. The number of hydrogen-bond acceptors (Lipinski definition) is 33. The molecule has 35 nitrogen and oxygen atoms in total. The van der Waals surface area contributed by atoms with E-state index in [0.717, 1.165) is 66.7 Å². The van der Waals surface area contributed by atoms with Crippen LogP contribution in [0.4, 0.5) is 47.5 Å². The van der Waals surface area contributed by atoms with Crippen molar-refractivity contribution in [2.24, 2.45) is 0 Å². The fourth-order valence-corrected chi connectivity index (χ4v) is 13.3. The van der Waals surface area contributed by atoms with E-state index in [1.54, 1.807) is 51.2 Å². The smallest absolute Gasteiger partial charge is 0.292 e. The molecule has 0 spiro atoms. The first-order valence-electron chi connectivity index (χ1n) is 43.6. The number of tetrazole rings is 1. The van der Waals surface area contributed by atoms with Gasteiger partial charge in [0.15, 0.2) is 0 Å². The van der Waals surface area contributed by atoms with Crippen molar-refractivity contribution < 1.29 is 13.5 Å². The van der Waals surface area contributed by atoms with Crippen molar-refractivity contribution in [2.75, 3.05) is 45.9 Å². The maximum absolute atomic E-state index is 5.77. The highest BCUT2D eigenvalue weighted by molar-refractivity contribution is 7.09. The van der Waals surface area contributed by atoms with E-state index in [1.165, 1.54) is 84.8 Å². The summed E-state index contributed by atoms with van der Waals surface area (Å²) < 4.78 is 29.0. The van der Waals surface area contributed by atoms with Crippen molar-refractivity contribution in [1.82, 2.24) is 118 Å². The van der Waals surface area contributed by atoms with Gasteiger partial charge in [0.25, 0.3) is 17.9 Å². The summed E-state index contributed by atoms with van der Waals surface area (Å²) in [4.78, 5) is 41.1. The third-order valence-corrected chi connectivity index (χ3v) is 21.9. The lowest BCUT2D eigenvalue weighted by atomic mass is 10.0. The lowest BCUT2D eigenvalue weighted by molar-refractivity contribution is 0.422. The number of nitrogens with two attached hydrogens (primary N) is 8. The Kier molecular flexibility index (Phi) is 36.6. The lowest BCUT2D eigenvalue weighted by Crippen LogP contribution is -2.02. The van der Waals surface area contributed by atoms with E-state index in [9.17, 15) is 0 Å². The first-order valence-corrected chi connectivity index (χ1v) is 45.1. The van der Waals surface area contributed by atoms with Crippen LogP contribution >= 0.6 is 23.1 Å². The Morgan fingerprint density at radius 1 is 0.336 bits per heavy atom. The van der Waals surface area contributed by atoms with Gasteiger partial charge in [-0.15, -0.1) is 5.10 Å². The third-order valence-electron chi connectivity index (χ3n) is 20.3. The second kappa shape index (κ2) is 48.8. The number of hydrogen-bond donors (Lipinski definition) is 8. The van der Waals surface area contributed by atoms with Crippen molar-refractivity contribution in [3.8, 4) is 78.3 Å². The number of anilines is 8. The number of benzene rings is 5. The number of oxazole rings is 1. The van der Waals surface area contributed by atoms with Gasteiger partial charge < -0.3 is 59.3 Å². The van der Waals surface area contributed by atoms with Crippen LogP contribution in [0.1, 0.15) is 228 Å². The van der Waals surface area contributed by atoms with E-state index >= 15 is 0 Å². The van der Waals surface area contributed by atoms with Gasteiger partial charge in [-0.3, -0.25) is 19.9 Å². The second-order valence-electron chi connectivity index (χ2n) is 33.3. The fraction of sp³-hybridized carbons (Fsp3) is 0.278. The highest BCUT2D eigenvalue weighted by Gasteiger charge is 2.15. The van der Waals surface area contributed by atoms with E-state index in [0.29, 0.717) is 106 Å². The third kappa shape index (κ3) is 29.7. The number of pyridine rings is 4. The SMILES string of the molecule is CC(C)c1ccc(-c2ccon2)nc1.CC(C)c1ccc(-c2coc(N)n2)nc1.CC(C)c1ccc(-c2nc(N)no2)nc1.CC(C)c1ccc(-c2nc(N)ns2)cc1.CC(C)c1ccc(-c2nc(N)ns2)cn1.CC(C)c1ccc(-n2cnc(N)n2)cc1.CC(C)c1ccc(-n2nccc2N)cc1.CC(C)c1ccc(-n2ncnc2N)cc1.CC(C)c1ccc(-n2nnnc2N)cc1. The van der Waals surface area contributed by atoms with Crippen LogP contribution < -0.4 is 45.9 Å². The molecule has 134 heavy (non-hydrogen) atoms. The molecule has 0 aliphatic rings. The molecule has 0 atom stereocenters. The summed E-state index contributed by atoms with van der Waals surface area (Å²) in [6.45, 7) is 38.7. The Bertz CT molecular complexity index is 5720. The van der Waals surface area contributed by atoms with E-state index in [2.05, 4.69) is 303 Å². The van der Waals surface area contributed by atoms with Gasteiger partial charge in [-0.2, -0.15) is 53.2 Å². The molecule has 18 rings (SSSR count). The standard InChI is InChI=1S/C12H15N3.2C11H14N4.C11H13N3O.C11H13N3S.C11H12N2O.C10H13N5.C10H12N4O.C10H12N4S/c1-9(2)10-3-5-11(6-4-10)15-12(13)7-8-14-15;1-8(2)9-3-5-10(6-4-9)15-7-13-11(12)14-15;1-8(2)9-3-5-10(6-4-9)15-11(12)13-7-14-15;1-7(2)8-3-4-9(13-5-8)10-6-15-11(12)14-10;1-7(2)8-3-5-9(6-4-8)10-13-11(12)14-15-10;1-8(2)9-3-4-10(12-7-9)11-5-6-14-13-11;1-7(2)8-3-5-9(6-4-8)15-10(11)12-13-14-15;1-6(2)7-3-4-8(12-5-7)9-13-10(11)14-15-9;1-6(2)8-4-3-7(5-12-8)9-13-10(11)14-15-9/h3-9H,13H2,1-2H3;3-8H,1-2H3,(H2,12,14);3-8H,1-2H3,(H2,12,13,14);2*3-7H,1-2H3,(H2,12,14);3-8H,1-2H3;3-7H,1-2H3,(H2,11,12,14);2*3-6H,1-2H3,(H2,11,14). The molecule has 16 N–H and O–H groups in total. The monoisotopic (exact) mass is 1840 g/mol. The molecule has 18 aromatic rings. The molecular formula is C97H118N32O3S2.